The van der Waals surface area contributed by atoms with E-state index in [1.807, 2.05) is 6.07 Å². The van der Waals surface area contributed by atoms with Crippen molar-refractivity contribution < 1.29 is 14.7 Å². The van der Waals surface area contributed by atoms with Crippen molar-refractivity contribution in [1.82, 2.24) is 20.1 Å². The number of phenolic OH excluding ortho intramolecular Hbond substituents is 1. The van der Waals surface area contributed by atoms with Gasteiger partial charge in [0.25, 0.3) is 5.91 Å². The first kappa shape index (κ1) is 20.2. The highest BCUT2D eigenvalue weighted by atomic mass is 16.3. The Morgan fingerprint density at radius 3 is 2.56 bits per heavy atom. The van der Waals surface area contributed by atoms with Crippen LogP contribution in [0.1, 0.15) is 60.5 Å². The Hall–Kier alpha value is -3.68. The van der Waals surface area contributed by atoms with Crippen LogP contribution in [0.25, 0.3) is 11.3 Å². The molecule has 2 amide bonds. The van der Waals surface area contributed by atoms with Crippen LogP contribution in [0.4, 0.5) is 10.5 Å². The van der Waals surface area contributed by atoms with Crippen LogP contribution in [0.5, 0.6) is 5.75 Å². The lowest BCUT2D eigenvalue weighted by Gasteiger charge is -2.11. The summed E-state index contributed by atoms with van der Waals surface area (Å²) in [6.07, 6.45) is 9.45. The predicted molar refractivity (Wildman–Crippen MR) is 120 cm³/mol. The third-order valence-electron chi connectivity index (χ3n) is 6.06. The predicted octanol–water partition coefficient (Wildman–Crippen LogP) is 4.28. The minimum atomic E-state index is -0.310. The monoisotopic (exact) mass is 431 g/mol. The Morgan fingerprint density at radius 1 is 1.06 bits per heavy atom. The standard InChI is InChI=1S/C24H25N5O3/c30-22-12-18(26-23(31)16-6-3-11-25-14-16)9-10-19(22)20-13-21(15-4-1-2-5-15)29(28-20)24(32)27-17-7-8-17/h3,6,9-15,17,30H,1-2,4-5,7-8H2,(H,26,31)(H,27,32). The van der Waals surface area contributed by atoms with Gasteiger partial charge in [-0.1, -0.05) is 12.8 Å². The van der Waals surface area contributed by atoms with Crippen LogP contribution in [0.15, 0.2) is 48.8 Å². The number of hydrogen-bond donors (Lipinski definition) is 3. The average Bonchev–Trinajstić information content (AvgIpc) is 3.26. The van der Waals surface area contributed by atoms with Gasteiger partial charge in [0.15, 0.2) is 0 Å². The molecule has 5 rings (SSSR count). The van der Waals surface area contributed by atoms with E-state index in [-0.39, 0.29) is 23.7 Å². The SMILES string of the molecule is O=C(Nc1ccc(-c2cc(C3CCCC3)n(C(=O)NC3CC3)n2)c(O)c1)c1cccnc1. The third-order valence-corrected chi connectivity index (χ3v) is 6.06. The third kappa shape index (κ3) is 4.21. The van der Waals surface area contributed by atoms with Gasteiger partial charge in [0.1, 0.15) is 5.75 Å². The molecule has 2 saturated carbocycles. The second-order valence-corrected chi connectivity index (χ2v) is 8.50. The van der Waals surface area contributed by atoms with Gasteiger partial charge in [0.05, 0.1) is 17.0 Å². The summed E-state index contributed by atoms with van der Waals surface area (Å²) in [5.41, 5.74) is 2.84. The number of phenols is 1. The summed E-state index contributed by atoms with van der Waals surface area (Å²) in [5.74, 6) is -0.0320. The molecule has 2 aromatic heterocycles. The lowest BCUT2D eigenvalue weighted by Crippen LogP contribution is -2.32. The Balaban J connectivity index is 1.41. The molecule has 164 valence electrons. The number of benzene rings is 1. The van der Waals surface area contributed by atoms with Crippen molar-refractivity contribution in [3.8, 4) is 17.0 Å². The Labute approximate surface area is 185 Å². The molecule has 2 heterocycles. The number of nitrogens with one attached hydrogen (secondary N) is 2. The first-order valence-corrected chi connectivity index (χ1v) is 11.0. The van der Waals surface area contributed by atoms with Crippen LogP contribution in [-0.2, 0) is 0 Å². The molecule has 2 aliphatic carbocycles. The summed E-state index contributed by atoms with van der Waals surface area (Å²) in [4.78, 5) is 29.1. The van der Waals surface area contributed by atoms with Crippen molar-refractivity contribution in [2.24, 2.45) is 0 Å². The molecule has 2 aliphatic rings. The highest BCUT2D eigenvalue weighted by molar-refractivity contribution is 6.04. The number of nitrogens with zero attached hydrogens (tertiary/aromatic N) is 3. The molecule has 0 saturated heterocycles. The van der Waals surface area contributed by atoms with Crippen molar-refractivity contribution in [3.63, 3.8) is 0 Å². The van der Waals surface area contributed by atoms with Gasteiger partial charge in [-0.3, -0.25) is 9.78 Å². The maximum absolute atomic E-state index is 12.8. The van der Waals surface area contributed by atoms with E-state index in [0.717, 1.165) is 44.2 Å². The average molecular weight is 431 g/mol. The normalized spacial score (nSPS) is 16.1. The van der Waals surface area contributed by atoms with E-state index in [4.69, 9.17) is 0 Å². The zero-order valence-corrected chi connectivity index (χ0v) is 17.6. The van der Waals surface area contributed by atoms with Crippen molar-refractivity contribution in [1.29, 1.82) is 0 Å². The summed E-state index contributed by atoms with van der Waals surface area (Å²) in [6, 6.07) is 10.2. The molecule has 0 bridgehead atoms. The molecule has 0 atom stereocenters. The number of pyridine rings is 1. The van der Waals surface area contributed by atoms with Gasteiger partial charge in [-0.2, -0.15) is 9.78 Å². The molecular formula is C24H25N5O3. The second-order valence-electron chi connectivity index (χ2n) is 8.50. The second kappa shape index (κ2) is 8.45. The Morgan fingerprint density at radius 2 is 1.88 bits per heavy atom. The van der Waals surface area contributed by atoms with Crippen molar-refractivity contribution in [2.45, 2.75) is 50.5 Å². The van der Waals surface area contributed by atoms with E-state index in [0.29, 0.717) is 28.4 Å². The largest absolute Gasteiger partial charge is 0.507 e. The van der Waals surface area contributed by atoms with E-state index in [2.05, 4.69) is 20.7 Å². The molecular weight excluding hydrogens is 406 g/mol. The highest BCUT2D eigenvalue weighted by Crippen LogP contribution is 2.38. The molecule has 8 nitrogen and oxygen atoms in total. The fourth-order valence-corrected chi connectivity index (χ4v) is 4.19. The maximum Gasteiger partial charge on any atom is 0.342 e. The van der Waals surface area contributed by atoms with Gasteiger partial charge >= 0.3 is 6.03 Å². The number of hydrogen-bond acceptors (Lipinski definition) is 5. The van der Waals surface area contributed by atoms with Gasteiger partial charge in [0, 0.05) is 41.7 Å². The fraction of sp³-hybridized carbons (Fsp3) is 0.333. The molecule has 32 heavy (non-hydrogen) atoms. The van der Waals surface area contributed by atoms with E-state index in [1.165, 1.54) is 16.9 Å². The lowest BCUT2D eigenvalue weighted by molar-refractivity contribution is 0.102. The maximum atomic E-state index is 12.8. The number of carbonyl (C=O) groups excluding carboxylic acids is 2. The van der Waals surface area contributed by atoms with Crippen LogP contribution >= 0.6 is 0 Å². The zero-order valence-electron chi connectivity index (χ0n) is 17.6. The van der Waals surface area contributed by atoms with Gasteiger partial charge in [-0.25, -0.2) is 4.79 Å². The van der Waals surface area contributed by atoms with E-state index in [9.17, 15) is 14.7 Å². The Bertz CT molecular complexity index is 1150. The minimum Gasteiger partial charge on any atom is -0.507 e. The van der Waals surface area contributed by atoms with Gasteiger partial charge < -0.3 is 15.7 Å². The number of rotatable bonds is 5. The summed E-state index contributed by atoms with van der Waals surface area (Å²) in [7, 11) is 0. The summed E-state index contributed by atoms with van der Waals surface area (Å²) < 4.78 is 1.47. The molecule has 0 unspecified atom stereocenters. The molecule has 3 N–H and O–H groups in total. The topological polar surface area (TPSA) is 109 Å². The van der Waals surface area contributed by atoms with Crippen molar-refractivity contribution >= 4 is 17.6 Å². The van der Waals surface area contributed by atoms with Crippen LogP contribution in [0.2, 0.25) is 0 Å². The van der Waals surface area contributed by atoms with Gasteiger partial charge in [-0.05, 0) is 56.0 Å². The van der Waals surface area contributed by atoms with Crippen LogP contribution in [-0.4, -0.2) is 37.9 Å². The number of aromatic hydroxyl groups is 1. The molecule has 0 radical (unpaired) electrons. The minimum absolute atomic E-state index is 0.0146. The van der Waals surface area contributed by atoms with Gasteiger partial charge in [-0.15, -0.1) is 0 Å². The van der Waals surface area contributed by atoms with Crippen LogP contribution in [0.3, 0.4) is 0 Å². The number of aromatic nitrogens is 3. The molecule has 1 aromatic carbocycles. The zero-order chi connectivity index (χ0) is 22.1. The number of anilines is 1. The van der Waals surface area contributed by atoms with Crippen molar-refractivity contribution in [2.75, 3.05) is 5.32 Å². The molecule has 0 aliphatic heterocycles. The highest BCUT2D eigenvalue weighted by Gasteiger charge is 2.29. The quantitative estimate of drug-likeness (QED) is 0.559. The first-order chi connectivity index (χ1) is 15.6. The van der Waals surface area contributed by atoms with Crippen molar-refractivity contribution in [3.05, 3.63) is 60.0 Å². The number of carbonyl (C=O) groups is 2. The first-order valence-electron chi connectivity index (χ1n) is 11.0. The van der Waals surface area contributed by atoms with Gasteiger partial charge in [0.2, 0.25) is 0 Å². The lowest BCUT2D eigenvalue weighted by atomic mass is 10.0. The Kier molecular flexibility index (Phi) is 5.34. The summed E-state index contributed by atoms with van der Waals surface area (Å²) in [5, 5.41) is 21.0. The van der Waals surface area contributed by atoms with E-state index < -0.39 is 0 Å². The van der Waals surface area contributed by atoms with Crippen LogP contribution < -0.4 is 10.6 Å². The summed E-state index contributed by atoms with van der Waals surface area (Å²) in [6.45, 7) is 0. The van der Waals surface area contributed by atoms with Crippen LogP contribution in [0, 0.1) is 0 Å². The number of amides is 2. The molecule has 3 aromatic rings. The van der Waals surface area contributed by atoms with E-state index >= 15 is 0 Å². The molecule has 2 fully saturated rings. The summed E-state index contributed by atoms with van der Waals surface area (Å²) >= 11 is 0. The molecule has 0 spiro atoms. The van der Waals surface area contributed by atoms with E-state index in [1.54, 1.807) is 30.5 Å². The smallest absolute Gasteiger partial charge is 0.342 e. The fourth-order valence-electron chi connectivity index (χ4n) is 4.19. The molecule has 8 heteroatoms.